The third-order valence-electron chi connectivity index (χ3n) is 4.09. The van der Waals surface area contributed by atoms with Crippen molar-refractivity contribution in [3.8, 4) is 11.5 Å². The monoisotopic (exact) mass is 472 g/mol. The van der Waals surface area contributed by atoms with Crippen LogP contribution >= 0.6 is 22.6 Å². The van der Waals surface area contributed by atoms with Crippen molar-refractivity contribution in [3.63, 3.8) is 0 Å². The van der Waals surface area contributed by atoms with Gasteiger partial charge in [0, 0.05) is 12.5 Å². The fourth-order valence-electron chi connectivity index (χ4n) is 2.63. The summed E-state index contributed by atoms with van der Waals surface area (Å²) in [6, 6.07) is 2.96. The number of alkyl halides is 1. The van der Waals surface area contributed by atoms with Crippen LogP contribution in [0.25, 0.3) is 6.08 Å². The van der Waals surface area contributed by atoms with Crippen LogP contribution in [-0.2, 0) is 14.3 Å². The molecule has 1 aliphatic heterocycles. The largest absolute Gasteiger partial charge is 0.507 e. The summed E-state index contributed by atoms with van der Waals surface area (Å²) in [6.07, 6.45) is 4.21. The average molecular weight is 472 g/mol. The van der Waals surface area contributed by atoms with Crippen molar-refractivity contribution in [2.24, 2.45) is 0 Å². The molecule has 0 fully saturated rings. The lowest BCUT2D eigenvalue weighted by molar-refractivity contribution is -0.136. The number of aromatic hydroxyl groups is 1. The summed E-state index contributed by atoms with van der Waals surface area (Å²) in [4.78, 5) is 36.6. The average Bonchev–Trinajstić information content (AvgIpc) is 2.60. The first-order valence-corrected chi connectivity index (χ1v) is 9.57. The number of ketones is 2. The van der Waals surface area contributed by atoms with Crippen molar-refractivity contribution < 1.29 is 29.0 Å². The van der Waals surface area contributed by atoms with Gasteiger partial charge in [0.1, 0.15) is 17.1 Å². The van der Waals surface area contributed by atoms with E-state index < -0.39 is 27.6 Å². The summed E-state index contributed by atoms with van der Waals surface area (Å²) in [6.45, 7) is 1.72. The van der Waals surface area contributed by atoms with E-state index in [1.54, 1.807) is 25.1 Å². The molecule has 1 aromatic carbocycles. The number of hydrogen-bond acceptors (Lipinski definition) is 6. The van der Waals surface area contributed by atoms with Crippen molar-refractivity contribution >= 4 is 46.2 Å². The van der Waals surface area contributed by atoms with Gasteiger partial charge in [-0.1, -0.05) is 34.7 Å². The molecule has 6 nitrogen and oxygen atoms in total. The molecule has 0 amide bonds. The van der Waals surface area contributed by atoms with Gasteiger partial charge in [0.25, 0.3) is 0 Å². The zero-order valence-electron chi connectivity index (χ0n) is 14.7. The molecule has 7 heteroatoms. The first-order chi connectivity index (χ1) is 12.3. The Hall–Kier alpha value is -1.90. The maximum atomic E-state index is 12.5. The number of esters is 1. The minimum Gasteiger partial charge on any atom is -0.507 e. The highest BCUT2D eigenvalue weighted by molar-refractivity contribution is 14.1. The van der Waals surface area contributed by atoms with Gasteiger partial charge in [0.15, 0.2) is 5.78 Å². The van der Waals surface area contributed by atoms with Gasteiger partial charge in [0.05, 0.1) is 17.1 Å². The molecule has 0 bridgehead atoms. The number of hydrogen-bond donors (Lipinski definition) is 1. The SMILES string of the molecule is COc1cc(O)c2c(c1)C=CCCC(=O)C(=O)C(I)CC[C@H](C)OC2=O. The first kappa shape index (κ1) is 20.4. The highest BCUT2D eigenvalue weighted by Gasteiger charge is 2.25. The molecule has 1 N–H and O–H groups in total. The van der Waals surface area contributed by atoms with Crippen molar-refractivity contribution in [1.82, 2.24) is 0 Å². The van der Waals surface area contributed by atoms with Crippen LogP contribution < -0.4 is 4.74 Å². The Morgan fingerprint density at radius 2 is 1.96 bits per heavy atom. The number of Topliss-reactive ketones (excluding diaryl/α,β-unsaturated/α-hetero) is 2. The third-order valence-corrected chi connectivity index (χ3v) is 5.28. The number of phenols is 1. The number of phenolic OH excluding ortho intramolecular Hbond substituents is 1. The molecule has 0 saturated heterocycles. The molecule has 1 aromatic rings. The molecule has 2 atom stereocenters. The zero-order chi connectivity index (χ0) is 19.3. The summed E-state index contributed by atoms with van der Waals surface area (Å²) < 4.78 is 10.1. The highest BCUT2D eigenvalue weighted by Crippen LogP contribution is 2.30. The van der Waals surface area contributed by atoms with Crippen LogP contribution in [0, 0.1) is 0 Å². The second-order valence-corrected chi connectivity index (χ2v) is 7.60. The van der Waals surface area contributed by atoms with E-state index in [-0.39, 0.29) is 17.7 Å². The highest BCUT2D eigenvalue weighted by atomic mass is 127. The Morgan fingerprint density at radius 1 is 1.23 bits per heavy atom. The van der Waals surface area contributed by atoms with Crippen LogP contribution in [-0.4, -0.2) is 39.8 Å². The molecule has 1 heterocycles. The molecule has 0 spiro atoms. The van der Waals surface area contributed by atoms with Gasteiger partial charge >= 0.3 is 5.97 Å². The van der Waals surface area contributed by atoms with Crippen LogP contribution in [0.4, 0.5) is 0 Å². The molecule has 0 aromatic heterocycles. The molecule has 26 heavy (non-hydrogen) atoms. The van der Waals surface area contributed by atoms with Crippen molar-refractivity contribution in [1.29, 1.82) is 0 Å². The van der Waals surface area contributed by atoms with E-state index in [4.69, 9.17) is 9.47 Å². The number of carbonyl (C=O) groups is 3. The van der Waals surface area contributed by atoms with E-state index in [1.165, 1.54) is 13.2 Å². The third kappa shape index (κ3) is 5.06. The Morgan fingerprint density at radius 3 is 2.65 bits per heavy atom. The lowest BCUT2D eigenvalue weighted by Crippen LogP contribution is -2.25. The number of ether oxygens (including phenoxy) is 2. The maximum Gasteiger partial charge on any atom is 0.342 e. The van der Waals surface area contributed by atoms with E-state index in [0.29, 0.717) is 30.6 Å². The number of halogens is 1. The van der Waals surface area contributed by atoms with Crippen LogP contribution in [0.3, 0.4) is 0 Å². The van der Waals surface area contributed by atoms with Gasteiger partial charge < -0.3 is 14.6 Å². The van der Waals surface area contributed by atoms with E-state index >= 15 is 0 Å². The minimum atomic E-state index is -0.637. The minimum absolute atomic E-state index is 0.0550. The number of carbonyl (C=O) groups excluding carboxylic acids is 3. The number of benzene rings is 1. The fraction of sp³-hybridized carbons (Fsp3) is 0.421. The predicted molar refractivity (Wildman–Crippen MR) is 105 cm³/mol. The van der Waals surface area contributed by atoms with Crippen LogP contribution in [0.2, 0.25) is 0 Å². The standard InChI is InChI=1S/C19H21IO6/c1-11-7-8-14(20)18(23)15(21)6-4-3-5-12-9-13(25-2)10-16(22)17(12)19(24)26-11/h3,5,9-11,14,22H,4,6-8H2,1-2H3/t11-,14?/m0/s1. The number of allylic oxidation sites excluding steroid dienone is 1. The second kappa shape index (κ2) is 9.16. The molecule has 140 valence electrons. The quantitative estimate of drug-likeness (QED) is 0.292. The van der Waals surface area contributed by atoms with Crippen LogP contribution in [0.15, 0.2) is 18.2 Å². The Kier molecular flexibility index (Phi) is 7.19. The molecule has 0 saturated carbocycles. The van der Waals surface area contributed by atoms with Gasteiger partial charge in [-0.25, -0.2) is 4.79 Å². The molecule has 0 radical (unpaired) electrons. The van der Waals surface area contributed by atoms with E-state index in [0.717, 1.165) is 0 Å². The normalized spacial score (nSPS) is 22.3. The van der Waals surface area contributed by atoms with Crippen molar-refractivity contribution in [2.45, 2.75) is 42.6 Å². The summed E-state index contributed by atoms with van der Waals surface area (Å²) in [7, 11) is 1.46. The predicted octanol–water partition coefficient (Wildman–Crippen LogP) is 3.48. The lowest BCUT2D eigenvalue weighted by atomic mass is 10.0. The molecule has 1 unspecified atom stereocenters. The number of rotatable bonds is 1. The topological polar surface area (TPSA) is 89.9 Å². The number of cyclic esters (lactones) is 1. The van der Waals surface area contributed by atoms with Gasteiger partial charge in [-0.15, -0.1) is 0 Å². The van der Waals surface area contributed by atoms with E-state index in [2.05, 4.69) is 0 Å². The second-order valence-electron chi connectivity index (χ2n) is 6.10. The Bertz CT molecular complexity index is 740. The van der Waals surface area contributed by atoms with Crippen LogP contribution in [0.5, 0.6) is 11.5 Å². The molecule has 1 aliphatic rings. The summed E-state index contributed by atoms with van der Waals surface area (Å²) in [5.74, 6) is -1.27. The van der Waals surface area contributed by atoms with E-state index in [1.807, 2.05) is 22.6 Å². The van der Waals surface area contributed by atoms with Gasteiger partial charge in [0.2, 0.25) is 5.78 Å². The smallest absolute Gasteiger partial charge is 0.342 e. The first-order valence-electron chi connectivity index (χ1n) is 8.33. The van der Waals surface area contributed by atoms with Gasteiger partial charge in [-0.3, -0.25) is 9.59 Å². The van der Waals surface area contributed by atoms with E-state index in [9.17, 15) is 19.5 Å². The number of fused-ring (bicyclic) bond motifs is 1. The fourth-order valence-corrected chi connectivity index (χ4v) is 3.34. The molecule has 0 aliphatic carbocycles. The van der Waals surface area contributed by atoms with Crippen molar-refractivity contribution in [3.05, 3.63) is 29.3 Å². The zero-order valence-corrected chi connectivity index (χ0v) is 16.8. The lowest BCUT2D eigenvalue weighted by Gasteiger charge is -2.17. The maximum absolute atomic E-state index is 12.5. The Labute approximate surface area is 165 Å². The molecular weight excluding hydrogens is 451 g/mol. The Balaban J connectivity index is 2.39. The van der Waals surface area contributed by atoms with Gasteiger partial charge in [-0.2, -0.15) is 0 Å². The summed E-state index contributed by atoms with van der Waals surface area (Å²) in [5.41, 5.74) is 0.487. The summed E-state index contributed by atoms with van der Waals surface area (Å²) in [5, 5.41) is 10.2. The van der Waals surface area contributed by atoms with Crippen molar-refractivity contribution in [2.75, 3.05) is 7.11 Å². The van der Waals surface area contributed by atoms with Gasteiger partial charge in [-0.05, 0) is 37.8 Å². The number of methoxy groups -OCH3 is 1. The van der Waals surface area contributed by atoms with Crippen LogP contribution in [0.1, 0.15) is 48.5 Å². The summed E-state index contributed by atoms with van der Waals surface area (Å²) >= 11 is 1.96. The molecular formula is C19H21IO6. The molecule has 2 rings (SSSR count).